The zero-order valence-corrected chi connectivity index (χ0v) is 12.7. The van der Waals surface area contributed by atoms with Gasteiger partial charge in [-0.2, -0.15) is 0 Å². The number of thiophene rings is 1. The molecule has 0 aromatic carbocycles. The highest BCUT2D eigenvalue weighted by Gasteiger charge is 2.34. The molecular weight excluding hydrogens is 282 g/mol. The van der Waals surface area contributed by atoms with Crippen LogP contribution in [0.25, 0.3) is 0 Å². The molecular formula is C13H19NO3S2. The molecule has 0 unspecified atom stereocenters. The van der Waals surface area contributed by atoms with Crippen LogP contribution in [-0.2, 0) is 21.1 Å². The maximum Gasteiger partial charge on any atom is 0.228 e. The highest BCUT2D eigenvalue weighted by Crippen LogP contribution is 2.20. The SMILES string of the molecule is CCCN(C(=O)Cc1cccs1)[C@@H]1CCS(=O)(=O)C1. The van der Waals surface area contributed by atoms with Crippen molar-refractivity contribution in [2.75, 3.05) is 18.1 Å². The van der Waals surface area contributed by atoms with Crippen LogP contribution in [-0.4, -0.2) is 43.3 Å². The highest BCUT2D eigenvalue weighted by molar-refractivity contribution is 7.91. The molecule has 1 fully saturated rings. The van der Waals surface area contributed by atoms with Crippen molar-refractivity contribution in [3.05, 3.63) is 22.4 Å². The minimum absolute atomic E-state index is 0.0476. The first-order valence-electron chi connectivity index (χ1n) is 6.54. The summed E-state index contributed by atoms with van der Waals surface area (Å²) in [5.74, 6) is 0.388. The summed E-state index contributed by atoms with van der Waals surface area (Å²) in [5, 5.41) is 1.95. The van der Waals surface area contributed by atoms with Crippen LogP contribution >= 0.6 is 11.3 Å². The van der Waals surface area contributed by atoms with Gasteiger partial charge in [-0.15, -0.1) is 11.3 Å². The molecule has 0 bridgehead atoms. The molecule has 106 valence electrons. The molecule has 1 amide bonds. The van der Waals surface area contributed by atoms with Crippen LogP contribution in [0.1, 0.15) is 24.6 Å². The average molecular weight is 301 g/mol. The molecule has 0 N–H and O–H groups in total. The van der Waals surface area contributed by atoms with E-state index in [1.807, 2.05) is 24.4 Å². The minimum atomic E-state index is -2.95. The highest BCUT2D eigenvalue weighted by atomic mass is 32.2. The van der Waals surface area contributed by atoms with E-state index in [9.17, 15) is 13.2 Å². The van der Waals surface area contributed by atoms with Crippen LogP contribution in [0.4, 0.5) is 0 Å². The van der Waals surface area contributed by atoms with E-state index in [-0.39, 0.29) is 23.5 Å². The molecule has 1 saturated heterocycles. The Bertz CT molecular complexity index is 522. The number of carbonyl (C=O) groups excluding carboxylic acids is 1. The summed E-state index contributed by atoms with van der Waals surface area (Å²) in [6.07, 6.45) is 1.82. The molecule has 1 atom stereocenters. The molecule has 1 aliphatic rings. The third-order valence-electron chi connectivity index (χ3n) is 3.34. The monoisotopic (exact) mass is 301 g/mol. The predicted molar refractivity (Wildman–Crippen MR) is 77.1 cm³/mol. The van der Waals surface area contributed by atoms with Gasteiger partial charge in [-0.3, -0.25) is 4.79 Å². The summed E-state index contributed by atoms with van der Waals surface area (Å²) >= 11 is 1.56. The maximum atomic E-state index is 12.3. The van der Waals surface area contributed by atoms with Crippen molar-refractivity contribution in [1.82, 2.24) is 4.90 Å². The van der Waals surface area contributed by atoms with Crippen molar-refractivity contribution < 1.29 is 13.2 Å². The molecule has 19 heavy (non-hydrogen) atoms. The van der Waals surface area contributed by atoms with Crippen LogP contribution in [0.3, 0.4) is 0 Å². The second-order valence-electron chi connectivity index (χ2n) is 4.90. The normalized spacial score (nSPS) is 21.4. The Kier molecular flexibility index (Phi) is 4.62. The van der Waals surface area contributed by atoms with Gasteiger partial charge in [0.05, 0.1) is 17.9 Å². The number of carbonyl (C=O) groups is 1. The molecule has 1 aromatic heterocycles. The Labute approximate surface area is 118 Å². The lowest BCUT2D eigenvalue weighted by atomic mass is 10.2. The molecule has 1 aromatic rings. The van der Waals surface area contributed by atoms with Crippen LogP contribution in [0, 0.1) is 0 Å². The number of sulfone groups is 1. The largest absolute Gasteiger partial charge is 0.338 e. The smallest absolute Gasteiger partial charge is 0.228 e. The van der Waals surface area contributed by atoms with Crippen molar-refractivity contribution in [3.63, 3.8) is 0 Å². The minimum Gasteiger partial charge on any atom is -0.338 e. The number of hydrogen-bond acceptors (Lipinski definition) is 4. The third-order valence-corrected chi connectivity index (χ3v) is 5.97. The third kappa shape index (κ3) is 3.79. The van der Waals surface area contributed by atoms with Gasteiger partial charge < -0.3 is 4.90 Å². The second kappa shape index (κ2) is 6.05. The van der Waals surface area contributed by atoms with Crippen LogP contribution < -0.4 is 0 Å². The molecule has 0 aliphatic carbocycles. The standard InChI is InChI=1S/C13H19NO3S2/c1-2-6-14(11-5-8-19(16,17)10-11)13(15)9-12-4-3-7-18-12/h3-4,7,11H,2,5-6,8-10H2,1H3/t11-/m1/s1. The van der Waals surface area contributed by atoms with Gasteiger partial charge >= 0.3 is 0 Å². The van der Waals surface area contributed by atoms with Gasteiger partial charge in [0.15, 0.2) is 9.84 Å². The van der Waals surface area contributed by atoms with E-state index < -0.39 is 9.84 Å². The first kappa shape index (κ1) is 14.5. The Morgan fingerprint density at radius 2 is 2.32 bits per heavy atom. The average Bonchev–Trinajstić information content (AvgIpc) is 2.95. The van der Waals surface area contributed by atoms with E-state index in [1.54, 1.807) is 16.2 Å². The van der Waals surface area contributed by atoms with Crippen LogP contribution in [0.15, 0.2) is 17.5 Å². The van der Waals surface area contributed by atoms with Gasteiger partial charge in [-0.05, 0) is 24.3 Å². The topological polar surface area (TPSA) is 54.5 Å². The zero-order chi connectivity index (χ0) is 13.9. The Morgan fingerprint density at radius 3 is 2.84 bits per heavy atom. The number of nitrogens with zero attached hydrogens (tertiary/aromatic N) is 1. The van der Waals surface area contributed by atoms with Crippen LogP contribution in [0.5, 0.6) is 0 Å². The lowest BCUT2D eigenvalue weighted by molar-refractivity contribution is -0.132. The van der Waals surface area contributed by atoms with Gasteiger partial charge in [-0.1, -0.05) is 13.0 Å². The molecule has 6 heteroatoms. The first-order valence-corrected chi connectivity index (χ1v) is 9.24. The van der Waals surface area contributed by atoms with Gasteiger partial charge in [0, 0.05) is 17.5 Å². The summed E-state index contributed by atoms with van der Waals surface area (Å²) in [5.41, 5.74) is 0. The van der Waals surface area contributed by atoms with E-state index in [1.165, 1.54) is 0 Å². The zero-order valence-electron chi connectivity index (χ0n) is 11.0. The predicted octanol–water partition coefficient (Wildman–Crippen LogP) is 1.72. The Morgan fingerprint density at radius 1 is 1.53 bits per heavy atom. The Balaban J connectivity index is 2.05. The number of amides is 1. The summed E-state index contributed by atoms with van der Waals surface area (Å²) < 4.78 is 23.1. The van der Waals surface area contributed by atoms with E-state index in [0.29, 0.717) is 19.4 Å². The second-order valence-corrected chi connectivity index (χ2v) is 8.16. The summed E-state index contributed by atoms with van der Waals surface area (Å²) in [6.45, 7) is 2.65. The van der Waals surface area contributed by atoms with E-state index in [2.05, 4.69) is 0 Å². The lowest BCUT2D eigenvalue weighted by Crippen LogP contribution is -2.42. The fraction of sp³-hybridized carbons (Fsp3) is 0.615. The molecule has 1 aliphatic heterocycles. The quantitative estimate of drug-likeness (QED) is 0.832. The van der Waals surface area contributed by atoms with Gasteiger partial charge in [0.1, 0.15) is 0 Å². The maximum absolute atomic E-state index is 12.3. The molecule has 2 rings (SSSR count). The van der Waals surface area contributed by atoms with Crippen molar-refractivity contribution in [2.45, 2.75) is 32.2 Å². The molecule has 0 spiro atoms. The van der Waals surface area contributed by atoms with Gasteiger partial charge in [0.25, 0.3) is 0 Å². The molecule has 0 radical (unpaired) electrons. The van der Waals surface area contributed by atoms with Crippen LogP contribution in [0.2, 0.25) is 0 Å². The lowest BCUT2D eigenvalue weighted by Gasteiger charge is -2.27. The first-order chi connectivity index (χ1) is 9.02. The molecule has 0 saturated carbocycles. The number of hydrogen-bond donors (Lipinski definition) is 0. The fourth-order valence-electron chi connectivity index (χ4n) is 2.44. The number of rotatable bonds is 5. The van der Waals surface area contributed by atoms with Crippen molar-refractivity contribution in [2.24, 2.45) is 0 Å². The van der Waals surface area contributed by atoms with Crippen molar-refractivity contribution in [3.8, 4) is 0 Å². The van der Waals surface area contributed by atoms with Crippen molar-refractivity contribution in [1.29, 1.82) is 0 Å². The van der Waals surface area contributed by atoms with Gasteiger partial charge in [-0.25, -0.2) is 8.42 Å². The molecule has 2 heterocycles. The summed E-state index contributed by atoms with van der Waals surface area (Å²) in [4.78, 5) is 15.1. The van der Waals surface area contributed by atoms with Crippen molar-refractivity contribution >= 4 is 27.1 Å². The summed E-state index contributed by atoms with van der Waals surface area (Å²) in [7, 11) is -2.95. The Hall–Kier alpha value is -0.880. The van der Waals surface area contributed by atoms with E-state index in [4.69, 9.17) is 0 Å². The van der Waals surface area contributed by atoms with E-state index in [0.717, 1.165) is 11.3 Å². The van der Waals surface area contributed by atoms with E-state index >= 15 is 0 Å². The van der Waals surface area contributed by atoms with Gasteiger partial charge in [0.2, 0.25) is 5.91 Å². The summed E-state index contributed by atoms with van der Waals surface area (Å²) in [6, 6.07) is 3.74. The fourth-order valence-corrected chi connectivity index (χ4v) is 4.86. The molecule has 4 nitrogen and oxygen atoms in total.